The smallest absolute Gasteiger partial charge is 0.0811 e. The van der Waals surface area contributed by atoms with Gasteiger partial charge in [0.05, 0.1) is 30.4 Å². The van der Waals surface area contributed by atoms with E-state index in [0.29, 0.717) is 0 Å². The van der Waals surface area contributed by atoms with Crippen LogP contribution < -0.4 is 0 Å². The van der Waals surface area contributed by atoms with E-state index >= 15 is 0 Å². The van der Waals surface area contributed by atoms with Gasteiger partial charge in [-0.2, -0.15) is 0 Å². The Morgan fingerprint density at radius 1 is 0.250 bits per heavy atom. The molecule has 0 atom stereocenters. The summed E-state index contributed by atoms with van der Waals surface area (Å²) in [5, 5.41) is 0. The molecule has 0 spiro atoms. The second kappa shape index (κ2) is 12.8. The molecule has 0 aromatic rings. The van der Waals surface area contributed by atoms with Crippen molar-refractivity contribution < 1.29 is 0 Å². The van der Waals surface area contributed by atoms with Crippen LogP contribution >= 0.6 is 0 Å². The average molecular weight is 561 g/mol. The summed E-state index contributed by atoms with van der Waals surface area (Å²) in [6.45, 7) is 40.9. The fraction of sp³-hybridized carbons (Fsp3) is 0.750. The highest BCUT2D eigenvalue weighted by atomic mass is 29.3. The minimum Gasteiger partial charge on any atom is -0.0956 e. The molecule has 0 aromatic heterocycles. The molecular weight excluding hydrogens is 497 g/mol. The monoisotopic (exact) mass is 560 g/mol. The first kappa shape index (κ1) is 33.9. The molecule has 0 fully saturated rings. The normalized spacial score (nSPS) is 25.1. The van der Waals surface area contributed by atoms with Crippen LogP contribution in [0, 0.1) is 0 Å². The molecule has 0 saturated carbocycles. The zero-order chi connectivity index (χ0) is 28.3. The van der Waals surface area contributed by atoms with Gasteiger partial charge >= 0.3 is 0 Å². The lowest BCUT2D eigenvalue weighted by Gasteiger charge is -2.56. The van der Waals surface area contributed by atoms with Crippen molar-refractivity contribution in [2.75, 3.05) is 0 Å². The third kappa shape index (κ3) is 5.19. The summed E-state index contributed by atoms with van der Waals surface area (Å²) in [6.07, 6.45) is 10.4. The van der Waals surface area contributed by atoms with Crippen LogP contribution in [-0.2, 0) is 0 Å². The minimum atomic E-state index is -1.79. The quantitative estimate of drug-likeness (QED) is 0.259. The summed E-state index contributed by atoms with van der Waals surface area (Å²) in [4.78, 5) is 0. The molecule has 0 N–H and O–H groups in total. The summed E-state index contributed by atoms with van der Waals surface area (Å²) < 4.78 is 0. The second-order valence-electron chi connectivity index (χ2n) is 14.4. The number of hydrogen-bond donors (Lipinski definition) is 0. The van der Waals surface area contributed by atoms with Gasteiger partial charge in [0.15, 0.2) is 0 Å². The fourth-order valence-electron chi connectivity index (χ4n) is 9.64. The molecule has 0 bridgehead atoms. The Hall–Kier alpha value is -0.172. The largest absolute Gasteiger partial charge is 0.0956 e. The van der Waals surface area contributed by atoms with Crippen LogP contribution in [0.4, 0.5) is 0 Å². The van der Waals surface area contributed by atoms with Crippen molar-refractivity contribution in [2.24, 2.45) is 0 Å². The molecule has 208 valence electrons. The average Bonchev–Trinajstić information content (AvgIpc) is 2.72. The van der Waals surface area contributed by atoms with Gasteiger partial charge in [-0.15, -0.1) is 0 Å². The molecule has 1 aliphatic rings. The van der Waals surface area contributed by atoms with Crippen molar-refractivity contribution >= 4 is 30.4 Å². The van der Waals surface area contributed by atoms with Crippen molar-refractivity contribution in [3.8, 4) is 0 Å². The van der Waals surface area contributed by atoms with Crippen LogP contribution in [0.1, 0.15) is 111 Å². The number of allylic oxidation sites excluding steroid dienone is 4. The fourth-order valence-corrected chi connectivity index (χ4v) is 57.5. The maximum Gasteiger partial charge on any atom is 0.0811 e. The molecule has 0 amide bonds. The van der Waals surface area contributed by atoms with Crippen LogP contribution in [-0.4, -0.2) is 30.4 Å². The van der Waals surface area contributed by atoms with E-state index < -0.39 is 30.4 Å². The van der Waals surface area contributed by atoms with Crippen molar-refractivity contribution in [3.63, 3.8) is 0 Å². The first-order valence-corrected chi connectivity index (χ1v) is 26.1. The van der Waals surface area contributed by atoms with E-state index in [1.165, 1.54) is 0 Å². The Bertz CT molecular complexity index is 638. The summed E-state index contributed by atoms with van der Waals surface area (Å²) in [6, 6.07) is 0. The van der Waals surface area contributed by atoms with E-state index in [-0.39, 0.29) is 0 Å². The Labute approximate surface area is 231 Å². The molecule has 0 aromatic carbocycles. The molecule has 1 heterocycles. The summed E-state index contributed by atoms with van der Waals surface area (Å²) in [5.74, 6) is 0. The third-order valence-electron chi connectivity index (χ3n) is 10.9. The summed E-state index contributed by atoms with van der Waals surface area (Å²) in [7, 11) is -7.14. The molecule has 0 nitrogen and oxygen atoms in total. The molecule has 0 radical (unpaired) electrons. The predicted molar refractivity (Wildman–Crippen MR) is 180 cm³/mol. The lowest BCUT2D eigenvalue weighted by molar-refractivity contribution is 0.881. The molecule has 4 heteroatoms. The highest BCUT2D eigenvalue weighted by molar-refractivity contribution is 7.48. The summed E-state index contributed by atoms with van der Waals surface area (Å²) in [5.41, 5.74) is 17.4. The highest BCUT2D eigenvalue weighted by Crippen LogP contribution is 2.53. The van der Waals surface area contributed by atoms with E-state index in [9.17, 15) is 0 Å². The molecule has 0 aliphatic carbocycles. The van der Waals surface area contributed by atoms with E-state index in [0.717, 1.165) is 44.3 Å². The Morgan fingerprint density at radius 2 is 0.361 bits per heavy atom. The van der Waals surface area contributed by atoms with Crippen LogP contribution in [0.5, 0.6) is 0 Å². The van der Waals surface area contributed by atoms with Gasteiger partial charge in [-0.3, -0.25) is 0 Å². The van der Waals surface area contributed by atoms with E-state index in [4.69, 9.17) is 0 Å². The van der Waals surface area contributed by atoms with Crippen LogP contribution in [0.25, 0.3) is 0 Å². The van der Waals surface area contributed by atoms with Crippen LogP contribution in [0.2, 0.25) is 44.3 Å². The molecule has 0 saturated heterocycles. The van der Waals surface area contributed by atoms with Crippen molar-refractivity contribution in [1.29, 1.82) is 0 Å². The van der Waals surface area contributed by atoms with Gasteiger partial charge in [0, 0.05) is 0 Å². The molecular formula is C32H64Si4. The van der Waals surface area contributed by atoms with Gasteiger partial charge in [0.2, 0.25) is 0 Å². The standard InChI is InChI=1S/C32H64Si4/c1-25(2)33(26(3)4)21-17-18-23-35(29(9)10,30(11)12)36(31(13)14,32(15)16)24-20-19-22-34(33,27(5)6)28(7)8/h17-32H,1-16H3/b21-17-,22-19-,23-18+,24-20+. The Kier molecular flexibility index (Phi) is 12.0. The van der Waals surface area contributed by atoms with Crippen LogP contribution in [0.3, 0.4) is 0 Å². The maximum atomic E-state index is 2.86. The molecule has 1 rings (SSSR count). The molecule has 36 heavy (non-hydrogen) atoms. The van der Waals surface area contributed by atoms with E-state index in [1.54, 1.807) is 0 Å². The molecule has 0 unspecified atom stereocenters. The summed E-state index contributed by atoms with van der Waals surface area (Å²) >= 11 is 0. The third-order valence-corrected chi connectivity index (χ3v) is 57.0. The minimum absolute atomic E-state index is 0.743. The lowest BCUT2D eigenvalue weighted by Crippen LogP contribution is -2.68. The van der Waals surface area contributed by atoms with E-state index in [1.807, 2.05) is 0 Å². The topological polar surface area (TPSA) is 0 Å². The van der Waals surface area contributed by atoms with Crippen LogP contribution in [0.15, 0.2) is 47.1 Å². The number of hydrogen-bond acceptors (Lipinski definition) is 0. The van der Waals surface area contributed by atoms with Gasteiger partial charge in [0.1, 0.15) is 0 Å². The lowest BCUT2D eigenvalue weighted by atomic mass is 10.5. The maximum absolute atomic E-state index is 2.86. The highest BCUT2D eigenvalue weighted by Gasteiger charge is 2.60. The Morgan fingerprint density at radius 3 is 0.444 bits per heavy atom. The van der Waals surface area contributed by atoms with Gasteiger partial charge in [-0.1, -0.05) is 158 Å². The van der Waals surface area contributed by atoms with Crippen molar-refractivity contribution in [2.45, 2.75) is 155 Å². The van der Waals surface area contributed by atoms with Crippen molar-refractivity contribution in [3.05, 3.63) is 47.1 Å². The van der Waals surface area contributed by atoms with Crippen molar-refractivity contribution in [1.82, 2.24) is 0 Å². The van der Waals surface area contributed by atoms with Gasteiger partial charge in [-0.25, -0.2) is 0 Å². The van der Waals surface area contributed by atoms with E-state index in [2.05, 4.69) is 158 Å². The zero-order valence-corrected chi connectivity index (χ0v) is 31.2. The number of rotatable bonds is 8. The molecule has 1 aliphatic heterocycles. The second-order valence-corrected chi connectivity index (χ2v) is 42.8. The first-order valence-electron chi connectivity index (χ1n) is 15.2. The SMILES string of the molecule is CC(C)[Si]1(C(C)C)/C=C\C=C\[Si](C(C)C)(C(C)C)[Si](C(C)C)(C(C)C)/C=C/C=C\[Si]1(C(C)C)C(C)C. The van der Waals surface area contributed by atoms with Gasteiger partial charge in [-0.05, 0) is 44.3 Å². The van der Waals surface area contributed by atoms with Gasteiger partial charge in [0.25, 0.3) is 0 Å². The predicted octanol–water partition coefficient (Wildman–Crippen LogP) is 11.6. The van der Waals surface area contributed by atoms with Gasteiger partial charge < -0.3 is 0 Å². The Balaban J connectivity index is 4.29. The zero-order valence-electron chi connectivity index (χ0n) is 27.2. The first-order chi connectivity index (χ1) is 16.5.